The third kappa shape index (κ3) is 4.79. The van der Waals surface area contributed by atoms with Crippen molar-refractivity contribution in [3.05, 3.63) is 114 Å². The molecule has 0 atom stereocenters. The molecule has 0 spiro atoms. The van der Waals surface area contributed by atoms with E-state index in [0.717, 1.165) is 16.7 Å². The fourth-order valence-corrected chi connectivity index (χ4v) is 3.12. The monoisotopic (exact) mass is 409 g/mol. The number of carboxylic acids is 1. The summed E-state index contributed by atoms with van der Waals surface area (Å²) in [5.74, 6) is -0.829. The molecule has 0 bridgehead atoms. The molecule has 0 radical (unpaired) electrons. The number of hydrogen-bond acceptors (Lipinski definition) is 3. The second-order valence-corrected chi connectivity index (χ2v) is 6.83. The van der Waals surface area contributed by atoms with Gasteiger partial charge in [0.15, 0.2) is 0 Å². The van der Waals surface area contributed by atoms with Gasteiger partial charge in [0, 0.05) is 17.2 Å². The number of benzene rings is 3. The van der Waals surface area contributed by atoms with Crippen LogP contribution < -0.4 is 5.32 Å². The van der Waals surface area contributed by atoms with Crippen molar-refractivity contribution in [1.82, 2.24) is 5.32 Å². The lowest BCUT2D eigenvalue weighted by atomic mass is 10.0. The minimum absolute atomic E-state index is 0.269. The van der Waals surface area contributed by atoms with E-state index >= 15 is 0 Å². The van der Waals surface area contributed by atoms with Crippen molar-refractivity contribution in [2.45, 2.75) is 0 Å². The highest BCUT2D eigenvalue weighted by Gasteiger charge is 2.14. The van der Waals surface area contributed by atoms with E-state index in [2.05, 4.69) is 5.32 Å². The second kappa shape index (κ2) is 8.97. The molecule has 1 amide bonds. The summed E-state index contributed by atoms with van der Waals surface area (Å²) in [5, 5.41) is 11.9. The maximum absolute atomic E-state index is 12.3. The maximum atomic E-state index is 12.3. The van der Waals surface area contributed by atoms with Crippen LogP contribution in [-0.4, -0.2) is 17.0 Å². The normalized spacial score (nSPS) is 11.2. The van der Waals surface area contributed by atoms with Gasteiger partial charge in [0.1, 0.15) is 17.2 Å². The molecule has 0 fully saturated rings. The van der Waals surface area contributed by atoms with Crippen LogP contribution in [0.2, 0.25) is 0 Å². The Hall–Kier alpha value is -4.38. The van der Waals surface area contributed by atoms with Crippen molar-refractivity contribution < 1.29 is 19.1 Å². The Morgan fingerprint density at radius 2 is 1.29 bits per heavy atom. The summed E-state index contributed by atoms with van der Waals surface area (Å²) in [6.07, 6.45) is 1.30. The fourth-order valence-electron chi connectivity index (χ4n) is 3.12. The average Bonchev–Trinajstić information content (AvgIpc) is 3.28. The first kappa shape index (κ1) is 19.9. The molecule has 1 aromatic heterocycles. The number of carboxylic acid groups (broad SMARTS) is 1. The number of carbonyl (C=O) groups is 2. The van der Waals surface area contributed by atoms with Gasteiger partial charge in [-0.05, 0) is 35.4 Å². The summed E-state index contributed by atoms with van der Waals surface area (Å²) in [6.45, 7) is 0. The Bertz CT molecular complexity index is 1220. The topological polar surface area (TPSA) is 79.5 Å². The molecule has 5 nitrogen and oxygen atoms in total. The van der Waals surface area contributed by atoms with Crippen molar-refractivity contribution in [3.8, 4) is 22.5 Å². The third-order valence-corrected chi connectivity index (χ3v) is 4.70. The minimum atomic E-state index is -1.26. The molecule has 0 aliphatic heterocycles. The van der Waals surface area contributed by atoms with Crippen molar-refractivity contribution in [2.24, 2.45) is 0 Å². The fraction of sp³-hybridized carbons (Fsp3) is 0. The van der Waals surface area contributed by atoms with Crippen LogP contribution in [0, 0.1) is 0 Å². The Kier molecular flexibility index (Phi) is 5.76. The van der Waals surface area contributed by atoms with E-state index in [1.165, 1.54) is 6.08 Å². The summed E-state index contributed by atoms with van der Waals surface area (Å²) in [7, 11) is 0. The van der Waals surface area contributed by atoms with Gasteiger partial charge in [-0.2, -0.15) is 0 Å². The molecule has 4 rings (SSSR count). The van der Waals surface area contributed by atoms with E-state index < -0.39 is 11.9 Å². The van der Waals surface area contributed by atoms with Crippen molar-refractivity contribution in [3.63, 3.8) is 0 Å². The van der Waals surface area contributed by atoms with Crippen molar-refractivity contribution in [2.75, 3.05) is 0 Å². The van der Waals surface area contributed by atoms with Crippen LogP contribution in [0.15, 0.2) is 107 Å². The molecule has 4 aromatic rings. The Morgan fingerprint density at radius 3 is 1.94 bits per heavy atom. The lowest BCUT2D eigenvalue weighted by Crippen LogP contribution is -2.27. The number of rotatable bonds is 6. The van der Waals surface area contributed by atoms with E-state index in [-0.39, 0.29) is 5.70 Å². The lowest BCUT2D eigenvalue weighted by Gasteiger charge is -2.05. The van der Waals surface area contributed by atoms with E-state index in [1.54, 1.807) is 42.5 Å². The maximum Gasteiger partial charge on any atom is 0.352 e. The molecule has 2 N–H and O–H groups in total. The first-order chi connectivity index (χ1) is 15.1. The zero-order valence-corrected chi connectivity index (χ0v) is 16.5. The lowest BCUT2D eigenvalue weighted by molar-refractivity contribution is -0.132. The van der Waals surface area contributed by atoms with Crippen LogP contribution in [-0.2, 0) is 4.79 Å². The van der Waals surface area contributed by atoms with Crippen LogP contribution >= 0.6 is 0 Å². The van der Waals surface area contributed by atoms with E-state index in [1.807, 2.05) is 54.6 Å². The van der Waals surface area contributed by atoms with Crippen LogP contribution in [0.3, 0.4) is 0 Å². The molecule has 5 heteroatoms. The van der Waals surface area contributed by atoms with Gasteiger partial charge in [-0.3, -0.25) is 4.79 Å². The second-order valence-electron chi connectivity index (χ2n) is 6.83. The number of amides is 1. The van der Waals surface area contributed by atoms with Crippen LogP contribution in [0.4, 0.5) is 0 Å². The van der Waals surface area contributed by atoms with E-state index in [0.29, 0.717) is 17.1 Å². The summed E-state index contributed by atoms with van der Waals surface area (Å²) >= 11 is 0. The molecular weight excluding hydrogens is 390 g/mol. The predicted octanol–water partition coefficient (Wildman–Crippen LogP) is 5.47. The summed E-state index contributed by atoms with van der Waals surface area (Å²) in [5.41, 5.74) is 3.18. The standard InChI is InChI=1S/C26H19NO4/c28-25(21-9-5-2-6-10-21)27-23(26(29)30)17-22-15-16-24(31-22)20-13-11-19(12-14-20)18-7-3-1-4-8-18/h1-17H,(H,27,28)(H,29,30)/b23-17-. The SMILES string of the molecule is O=C(O)/C(=C/c1ccc(-c2ccc(-c3ccccc3)cc2)o1)NC(=O)c1ccccc1. The molecule has 0 saturated heterocycles. The zero-order chi connectivity index (χ0) is 21.6. The molecule has 31 heavy (non-hydrogen) atoms. The van der Waals surface area contributed by atoms with Crippen molar-refractivity contribution in [1.29, 1.82) is 0 Å². The third-order valence-electron chi connectivity index (χ3n) is 4.70. The zero-order valence-electron chi connectivity index (χ0n) is 16.5. The highest BCUT2D eigenvalue weighted by Crippen LogP contribution is 2.27. The van der Waals surface area contributed by atoms with Gasteiger partial charge in [-0.25, -0.2) is 4.79 Å². The van der Waals surface area contributed by atoms with Gasteiger partial charge in [-0.1, -0.05) is 72.8 Å². The number of hydrogen-bond donors (Lipinski definition) is 2. The Balaban J connectivity index is 1.53. The quantitative estimate of drug-likeness (QED) is 0.414. The average molecular weight is 409 g/mol. The number of furan rings is 1. The molecule has 0 unspecified atom stereocenters. The van der Waals surface area contributed by atoms with Crippen LogP contribution in [0.25, 0.3) is 28.5 Å². The Labute approximate surface area is 179 Å². The molecule has 3 aromatic carbocycles. The van der Waals surface area contributed by atoms with E-state index in [4.69, 9.17) is 4.42 Å². The van der Waals surface area contributed by atoms with Crippen LogP contribution in [0.5, 0.6) is 0 Å². The number of nitrogens with one attached hydrogen (secondary N) is 1. The van der Waals surface area contributed by atoms with Gasteiger partial charge in [0.05, 0.1) is 0 Å². The van der Waals surface area contributed by atoms with Crippen molar-refractivity contribution >= 4 is 18.0 Å². The highest BCUT2D eigenvalue weighted by molar-refractivity contribution is 6.02. The summed E-state index contributed by atoms with van der Waals surface area (Å²) in [6, 6.07) is 29.8. The molecule has 0 aliphatic carbocycles. The van der Waals surface area contributed by atoms with Gasteiger partial charge < -0.3 is 14.8 Å². The molecular formula is C26H19NO4. The molecule has 1 heterocycles. The van der Waals surface area contributed by atoms with Crippen LogP contribution in [0.1, 0.15) is 16.1 Å². The van der Waals surface area contributed by atoms with Gasteiger partial charge in [0.2, 0.25) is 0 Å². The Morgan fingerprint density at radius 1 is 0.710 bits per heavy atom. The molecule has 0 aliphatic rings. The highest BCUT2D eigenvalue weighted by atomic mass is 16.4. The summed E-state index contributed by atoms with van der Waals surface area (Å²) in [4.78, 5) is 23.9. The number of carbonyl (C=O) groups excluding carboxylic acids is 1. The minimum Gasteiger partial charge on any atom is -0.477 e. The van der Waals surface area contributed by atoms with E-state index in [9.17, 15) is 14.7 Å². The predicted molar refractivity (Wildman–Crippen MR) is 119 cm³/mol. The van der Waals surface area contributed by atoms with Gasteiger partial charge >= 0.3 is 5.97 Å². The molecule has 152 valence electrons. The number of aliphatic carboxylic acids is 1. The summed E-state index contributed by atoms with van der Waals surface area (Å²) < 4.78 is 5.79. The molecule has 0 saturated carbocycles. The first-order valence-corrected chi connectivity index (χ1v) is 9.67. The first-order valence-electron chi connectivity index (χ1n) is 9.67. The van der Waals surface area contributed by atoms with Gasteiger partial charge in [0.25, 0.3) is 5.91 Å². The largest absolute Gasteiger partial charge is 0.477 e. The smallest absolute Gasteiger partial charge is 0.352 e. The van der Waals surface area contributed by atoms with Gasteiger partial charge in [-0.15, -0.1) is 0 Å².